The maximum absolute atomic E-state index is 12.1. The maximum atomic E-state index is 12.1. The summed E-state index contributed by atoms with van der Waals surface area (Å²) in [5.74, 6) is 0. The van der Waals surface area contributed by atoms with Gasteiger partial charge in [0.2, 0.25) is 0 Å². The predicted molar refractivity (Wildman–Crippen MR) is 78.7 cm³/mol. The Kier molecular flexibility index (Phi) is 3.25. The molecule has 20 heavy (non-hydrogen) atoms. The molecule has 0 aliphatic carbocycles. The molecule has 0 radical (unpaired) electrons. The third kappa shape index (κ3) is 2.30. The van der Waals surface area contributed by atoms with Crippen molar-refractivity contribution in [2.24, 2.45) is 0 Å². The van der Waals surface area contributed by atoms with Crippen molar-refractivity contribution in [1.29, 1.82) is 0 Å². The Hall–Kier alpha value is -2.55. The smallest absolute Gasteiger partial charge is 0.418 e. The van der Waals surface area contributed by atoms with Crippen LogP contribution in [0.2, 0.25) is 0 Å². The molecular formula is C17H15NO2. The van der Waals surface area contributed by atoms with Crippen molar-refractivity contribution in [2.75, 3.05) is 0 Å². The summed E-state index contributed by atoms with van der Waals surface area (Å²) >= 11 is 0. The monoisotopic (exact) mass is 265 g/mol. The SMILES string of the molecule is Cc1cccc2c1ccn2C(=O)OCc1ccccc1. The first-order valence-corrected chi connectivity index (χ1v) is 6.53. The molecule has 1 aromatic heterocycles. The Bertz CT molecular complexity index is 744. The van der Waals surface area contributed by atoms with Gasteiger partial charge in [0.1, 0.15) is 6.61 Å². The molecule has 3 nitrogen and oxygen atoms in total. The van der Waals surface area contributed by atoms with Crippen LogP contribution in [0, 0.1) is 6.92 Å². The number of fused-ring (bicyclic) bond motifs is 1. The van der Waals surface area contributed by atoms with Gasteiger partial charge in [0.25, 0.3) is 0 Å². The summed E-state index contributed by atoms with van der Waals surface area (Å²) in [7, 11) is 0. The van der Waals surface area contributed by atoms with E-state index >= 15 is 0 Å². The van der Waals surface area contributed by atoms with Crippen LogP contribution < -0.4 is 0 Å². The molecule has 100 valence electrons. The van der Waals surface area contributed by atoms with Crippen LogP contribution in [-0.2, 0) is 11.3 Å². The predicted octanol–water partition coefficient (Wildman–Crippen LogP) is 4.13. The van der Waals surface area contributed by atoms with Gasteiger partial charge < -0.3 is 4.74 Å². The first-order valence-electron chi connectivity index (χ1n) is 6.53. The van der Waals surface area contributed by atoms with Crippen molar-refractivity contribution in [3.63, 3.8) is 0 Å². The van der Waals surface area contributed by atoms with Gasteiger partial charge in [0.05, 0.1) is 5.52 Å². The average Bonchev–Trinajstić information content (AvgIpc) is 2.91. The lowest BCUT2D eigenvalue weighted by atomic mass is 10.1. The molecule has 0 saturated heterocycles. The lowest BCUT2D eigenvalue weighted by Gasteiger charge is -2.07. The van der Waals surface area contributed by atoms with Crippen LogP contribution >= 0.6 is 0 Å². The summed E-state index contributed by atoms with van der Waals surface area (Å²) in [4.78, 5) is 12.1. The van der Waals surface area contributed by atoms with E-state index in [1.807, 2.05) is 61.5 Å². The van der Waals surface area contributed by atoms with Gasteiger partial charge in [-0.05, 0) is 30.2 Å². The van der Waals surface area contributed by atoms with Crippen molar-refractivity contribution < 1.29 is 9.53 Å². The highest BCUT2D eigenvalue weighted by Gasteiger charge is 2.10. The van der Waals surface area contributed by atoms with E-state index in [0.717, 1.165) is 22.0 Å². The molecule has 2 aromatic carbocycles. The number of aromatic nitrogens is 1. The third-order valence-corrected chi connectivity index (χ3v) is 3.35. The Balaban J connectivity index is 1.81. The van der Waals surface area contributed by atoms with Gasteiger partial charge in [0, 0.05) is 11.6 Å². The largest absolute Gasteiger partial charge is 0.444 e. The molecule has 3 rings (SSSR count). The zero-order valence-corrected chi connectivity index (χ0v) is 11.2. The van der Waals surface area contributed by atoms with Gasteiger partial charge in [-0.2, -0.15) is 0 Å². The minimum atomic E-state index is -0.352. The Morgan fingerprint density at radius 3 is 2.65 bits per heavy atom. The lowest BCUT2D eigenvalue weighted by Crippen LogP contribution is -2.12. The van der Waals surface area contributed by atoms with E-state index in [9.17, 15) is 4.79 Å². The van der Waals surface area contributed by atoms with E-state index in [-0.39, 0.29) is 12.7 Å². The third-order valence-electron chi connectivity index (χ3n) is 3.35. The molecule has 0 aliphatic heterocycles. The summed E-state index contributed by atoms with van der Waals surface area (Å²) in [6, 6.07) is 17.5. The highest BCUT2D eigenvalue weighted by molar-refractivity contribution is 5.91. The molecule has 0 spiro atoms. The van der Waals surface area contributed by atoms with Crippen LogP contribution in [0.15, 0.2) is 60.8 Å². The summed E-state index contributed by atoms with van der Waals surface area (Å²) in [6.45, 7) is 2.31. The zero-order valence-electron chi connectivity index (χ0n) is 11.2. The quantitative estimate of drug-likeness (QED) is 0.697. The number of carbonyl (C=O) groups is 1. The number of hydrogen-bond donors (Lipinski definition) is 0. The number of benzene rings is 2. The fourth-order valence-corrected chi connectivity index (χ4v) is 2.27. The highest BCUT2D eigenvalue weighted by atomic mass is 16.5. The van der Waals surface area contributed by atoms with Crippen molar-refractivity contribution in [3.05, 3.63) is 71.9 Å². The molecule has 0 atom stereocenters. The van der Waals surface area contributed by atoms with Gasteiger partial charge in [-0.3, -0.25) is 4.57 Å². The Labute approximate surface area is 117 Å². The maximum Gasteiger partial charge on any atom is 0.418 e. The molecule has 0 bridgehead atoms. The van der Waals surface area contributed by atoms with Crippen molar-refractivity contribution >= 4 is 17.0 Å². The van der Waals surface area contributed by atoms with Crippen LogP contribution in [0.25, 0.3) is 10.9 Å². The zero-order chi connectivity index (χ0) is 13.9. The molecule has 0 fully saturated rings. The molecule has 0 N–H and O–H groups in total. The standard InChI is InChI=1S/C17H15NO2/c1-13-6-5-9-16-15(13)10-11-18(16)17(19)20-12-14-7-3-2-4-8-14/h2-11H,12H2,1H3. The number of ether oxygens (including phenoxy) is 1. The Morgan fingerprint density at radius 2 is 1.85 bits per heavy atom. The normalized spacial score (nSPS) is 10.7. The van der Waals surface area contributed by atoms with Gasteiger partial charge >= 0.3 is 6.09 Å². The first kappa shape index (κ1) is 12.5. The van der Waals surface area contributed by atoms with Crippen LogP contribution in [0.4, 0.5) is 4.79 Å². The summed E-state index contributed by atoms with van der Waals surface area (Å²) in [5, 5.41) is 1.07. The van der Waals surface area contributed by atoms with E-state index < -0.39 is 0 Å². The second-order valence-electron chi connectivity index (χ2n) is 4.73. The number of aryl methyl sites for hydroxylation is 1. The molecule has 3 heteroatoms. The number of nitrogens with zero attached hydrogens (tertiary/aromatic N) is 1. The lowest BCUT2D eigenvalue weighted by molar-refractivity contribution is 0.142. The summed E-state index contributed by atoms with van der Waals surface area (Å²) < 4.78 is 6.89. The molecule has 0 amide bonds. The molecule has 1 heterocycles. The topological polar surface area (TPSA) is 31.2 Å². The van der Waals surface area contributed by atoms with Crippen molar-refractivity contribution in [3.8, 4) is 0 Å². The van der Waals surface area contributed by atoms with Gasteiger partial charge in [0.15, 0.2) is 0 Å². The highest BCUT2D eigenvalue weighted by Crippen LogP contribution is 2.19. The van der Waals surface area contributed by atoms with Gasteiger partial charge in [-0.25, -0.2) is 4.79 Å². The van der Waals surface area contributed by atoms with Crippen LogP contribution in [0.5, 0.6) is 0 Å². The van der Waals surface area contributed by atoms with E-state index in [0.29, 0.717) is 0 Å². The minimum Gasteiger partial charge on any atom is -0.444 e. The molecule has 0 saturated carbocycles. The molecule has 0 unspecified atom stereocenters. The Morgan fingerprint density at radius 1 is 1.05 bits per heavy atom. The van der Waals surface area contributed by atoms with E-state index in [1.54, 1.807) is 10.8 Å². The molecule has 0 aliphatic rings. The summed E-state index contributed by atoms with van der Waals surface area (Å²) in [5.41, 5.74) is 3.01. The van der Waals surface area contributed by atoms with Gasteiger partial charge in [-0.1, -0.05) is 42.5 Å². The summed E-state index contributed by atoms with van der Waals surface area (Å²) in [6.07, 6.45) is 1.40. The molecule has 3 aromatic rings. The second-order valence-corrected chi connectivity index (χ2v) is 4.73. The fourth-order valence-electron chi connectivity index (χ4n) is 2.27. The second kappa shape index (κ2) is 5.21. The van der Waals surface area contributed by atoms with Gasteiger partial charge in [-0.15, -0.1) is 0 Å². The van der Waals surface area contributed by atoms with Crippen LogP contribution in [0.1, 0.15) is 11.1 Å². The first-order chi connectivity index (χ1) is 9.75. The van der Waals surface area contributed by atoms with Crippen LogP contribution in [-0.4, -0.2) is 10.7 Å². The van der Waals surface area contributed by atoms with E-state index in [4.69, 9.17) is 4.74 Å². The van der Waals surface area contributed by atoms with Crippen molar-refractivity contribution in [1.82, 2.24) is 4.57 Å². The van der Waals surface area contributed by atoms with Crippen molar-refractivity contribution in [2.45, 2.75) is 13.5 Å². The van der Waals surface area contributed by atoms with E-state index in [2.05, 4.69) is 0 Å². The number of hydrogen-bond acceptors (Lipinski definition) is 2. The average molecular weight is 265 g/mol. The minimum absolute atomic E-state index is 0.283. The number of carbonyl (C=O) groups excluding carboxylic acids is 1. The number of rotatable bonds is 2. The fraction of sp³-hybridized carbons (Fsp3) is 0.118. The van der Waals surface area contributed by atoms with Crippen LogP contribution in [0.3, 0.4) is 0 Å². The molecular weight excluding hydrogens is 250 g/mol. The van der Waals surface area contributed by atoms with E-state index in [1.165, 1.54) is 0 Å².